The molecule has 6 aromatic carbocycles. The Morgan fingerprint density at radius 2 is 1.05 bits per heavy atom. The summed E-state index contributed by atoms with van der Waals surface area (Å²) in [5.41, 5.74) is 3.64. The predicted molar refractivity (Wildman–Crippen MR) is 241 cm³/mol. The van der Waals surface area contributed by atoms with Gasteiger partial charge in [-0.3, -0.25) is 14.4 Å². The molecule has 65 heavy (non-hydrogen) atoms. The number of rotatable bonds is 17. The molecule has 0 N–H and O–H groups in total. The lowest BCUT2D eigenvalue weighted by molar-refractivity contribution is -0.287. The number of hydrogen-bond acceptors (Lipinski definition) is 12. The van der Waals surface area contributed by atoms with Crippen LogP contribution in [0.15, 0.2) is 167 Å². The number of carbonyl (C=O) groups excluding carboxylic acids is 2. The smallest absolute Gasteiger partial charge is 0.303 e. The van der Waals surface area contributed by atoms with E-state index in [9.17, 15) is 9.59 Å². The number of fused-ring (bicyclic) bond motifs is 1. The maximum absolute atomic E-state index is 15.3. The van der Waals surface area contributed by atoms with Gasteiger partial charge in [-0.15, -0.1) is 0 Å². The van der Waals surface area contributed by atoms with Crippen molar-refractivity contribution >= 4 is 22.9 Å². The SMILES string of the molecule is CC(=O)O[C@@H]1[C@H](OC(C)=O)[C@@H](OCc2ccccc2)C(Oc2c(-c3ccc(OCc4ccccc4)cc3)oc3cc(OCc4ccccc4)cc(OCc4ccccc4)c3c2=O)O[C@H]1C. The summed E-state index contributed by atoms with van der Waals surface area (Å²) in [4.78, 5) is 40.4. The maximum atomic E-state index is 15.3. The first-order valence-electron chi connectivity index (χ1n) is 21.3. The number of esters is 2. The largest absolute Gasteiger partial charge is 0.489 e. The number of carbonyl (C=O) groups is 2. The molecule has 1 fully saturated rings. The zero-order valence-electron chi connectivity index (χ0n) is 36.1. The highest BCUT2D eigenvalue weighted by molar-refractivity contribution is 5.88. The van der Waals surface area contributed by atoms with Gasteiger partial charge in [0.2, 0.25) is 17.5 Å². The monoisotopic (exact) mass is 876 g/mol. The summed E-state index contributed by atoms with van der Waals surface area (Å²) in [6.07, 6.45) is -5.81. The minimum Gasteiger partial charge on any atom is -0.489 e. The van der Waals surface area contributed by atoms with E-state index in [2.05, 4.69) is 0 Å². The van der Waals surface area contributed by atoms with Crippen molar-refractivity contribution < 1.29 is 51.9 Å². The molecule has 8 rings (SSSR count). The summed E-state index contributed by atoms with van der Waals surface area (Å²) in [5, 5.41) is 0.0782. The maximum Gasteiger partial charge on any atom is 0.303 e. The molecule has 0 radical (unpaired) electrons. The topological polar surface area (TPSA) is 138 Å². The van der Waals surface area contributed by atoms with Gasteiger partial charge in [-0.2, -0.15) is 0 Å². The van der Waals surface area contributed by atoms with Crippen molar-refractivity contribution in [1.82, 2.24) is 0 Å². The molecule has 0 spiro atoms. The van der Waals surface area contributed by atoms with Crippen molar-refractivity contribution in [3.05, 3.63) is 190 Å². The quantitative estimate of drug-likeness (QED) is 0.0806. The second kappa shape index (κ2) is 20.8. The van der Waals surface area contributed by atoms with Gasteiger partial charge in [0.1, 0.15) is 48.0 Å². The lowest BCUT2D eigenvalue weighted by Crippen LogP contribution is -2.61. The van der Waals surface area contributed by atoms with Gasteiger partial charge in [-0.1, -0.05) is 121 Å². The fourth-order valence-electron chi connectivity index (χ4n) is 7.46. The molecule has 1 aliphatic rings. The van der Waals surface area contributed by atoms with E-state index in [1.54, 1.807) is 43.3 Å². The third-order valence-electron chi connectivity index (χ3n) is 10.6. The standard InChI is InChI=1S/C53H48O12/c1-34-48(62-35(2)54)51(63-36(3)55)52(60-33-40-22-14-7-15-23-40)53(61-34)65-50-47(56)46-44(59-32-39-20-12-6-13-21-39)28-43(58-31-38-18-10-5-11-19-38)29-45(46)64-49(50)41-24-26-42(27-25-41)57-30-37-16-8-4-9-17-37/h4-29,34,48,51-53H,30-33H2,1-3H3/t34-,48-,51-,52+,53?/m0/s1. The van der Waals surface area contributed by atoms with Gasteiger partial charge in [0.25, 0.3) is 0 Å². The van der Waals surface area contributed by atoms with E-state index in [1.807, 2.05) is 121 Å². The van der Waals surface area contributed by atoms with Gasteiger partial charge >= 0.3 is 11.9 Å². The van der Waals surface area contributed by atoms with Crippen LogP contribution >= 0.6 is 0 Å². The first-order chi connectivity index (χ1) is 31.7. The molecule has 1 aromatic heterocycles. The molecule has 1 aliphatic heterocycles. The minimum absolute atomic E-state index is 0.0283. The third-order valence-corrected chi connectivity index (χ3v) is 10.6. The predicted octanol–water partition coefficient (Wildman–Crippen LogP) is 9.77. The molecule has 12 nitrogen and oxygen atoms in total. The van der Waals surface area contributed by atoms with Crippen molar-refractivity contribution in [3.63, 3.8) is 0 Å². The van der Waals surface area contributed by atoms with Crippen LogP contribution in [0.4, 0.5) is 0 Å². The lowest BCUT2D eigenvalue weighted by Gasteiger charge is -2.43. The molecule has 1 unspecified atom stereocenters. The van der Waals surface area contributed by atoms with E-state index in [-0.39, 0.29) is 48.0 Å². The Balaban J connectivity index is 1.24. The van der Waals surface area contributed by atoms with E-state index in [0.717, 1.165) is 22.3 Å². The van der Waals surface area contributed by atoms with E-state index in [0.29, 0.717) is 23.7 Å². The Labute approximate surface area is 376 Å². The molecule has 7 aromatic rings. The van der Waals surface area contributed by atoms with Crippen molar-refractivity contribution in [2.75, 3.05) is 0 Å². The molecule has 1 saturated heterocycles. The van der Waals surface area contributed by atoms with E-state index >= 15 is 4.79 Å². The van der Waals surface area contributed by atoms with Crippen molar-refractivity contribution in [2.24, 2.45) is 0 Å². The minimum atomic E-state index is -1.40. The summed E-state index contributed by atoms with van der Waals surface area (Å²) < 4.78 is 56.6. The number of ether oxygens (including phenoxy) is 8. The second-order valence-corrected chi connectivity index (χ2v) is 15.5. The van der Waals surface area contributed by atoms with Gasteiger partial charge in [0, 0.05) is 31.5 Å². The van der Waals surface area contributed by atoms with Crippen LogP contribution in [0.3, 0.4) is 0 Å². The van der Waals surface area contributed by atoms with Crippen LogP contribution in [0.25, 0.3) is 22.3 Å². The van der Waals surface area contributed by atoms with Crippen LogP contribution in [0.2, 0.25) is 0 Å². The molecular weight excluding hydrogens is 829 g/mol. The lowest BCUT2D eigenvalue weighted by atomic mass is 9.98. The molecule has 0 saturated carbocycles. The second-order valence-electron chi connectivity index (χ2n) is 15.5. The molecule has 0 bridgehead atoms. The van der Waals surface area contributed by atoms with Gasteiger partial charge in [-0.25, -0.2) is 0 Å². The van der Waals surface area contributed by atoms with Crippen molar-refractivity contribution in [1.29, 1.82) is 0 Å². The number of hydrogen-bond donors (Lipinski definition) is 0. The average molecular weight is 877 g/mol. The summed E-state index contributed by atoms with van der Waals surface area (Å²) >= 11 is 0. The van der Waals surface area contributed by atoms with Gasteiger partial charge < -0.3 is 42.3 Å². The van der Waals surface area contributed by atoms with Gasteiger partial charge in [0.05, 0.1) is 12.7 Å². The first kappa shape index (κ1) is 44.2. The zero-order valence-corrected chi connectivity index (χ0v) is 36.1. The van der Waals surface area contributed by atoms with E-state index < -0.39 is 48.1 Å². The Hall–Kier alpha value is -7.41. The summed E-state index contributed by atoms with van der Waals surface area (Å²) in [6, 6.07) is 48.7. The molecule has 12 heteroatoms. The van der Waals surface area contributed by atoms with Crippen LogP contribution in [0.1, 0.15) is 43.0 Å². The third kappa shape index (κ3) is 11.2. The highest BCUT2D eigenvalue weighted by Gasteiger charge is 2.51. The summed E-state index contributed by atoms with van der Waals surface area (Å²) in [5.74, 6) is -0.294. The van der Waals surface area contributed by atoms with Crippen LogP contribution in [0.5, 0.6) is 23.0 Å². The fraction of sp³-hybridized carbons (Fsp3) is 0.226. The summed E-state index contributed by atoms with van der Waals surface area (Å²) in [6.45, 7) is 4.88. The Kier molecular flexibility index (Phi) is 14.2. The van der Waals surface area contributed by atoms with E-state index in [4.69, 9.17) is 42.3 Å². The Morgan fingerprint density at radius 1 is 0.554 bits per heavy atom. The fourth-order valence-corrected chi connectivity index (χ4v) is 7.46. The zero-order chi connectivity index (χ0) is 45.1. The van der Waals surface area contributed by atoms with Crippen molar-refractivity contribution in [2.45, 2.75) is 77.9 Å². The Morgan fingerprint density at radius 3 is 1.58 bits per heavy atom. The highest BCUT2D eigenvalue weighted by Crippen LogP contribution is 2.40. The average Bonchev–Trinajstić information content (AvgIpc) is 3.32. The van der Waals surface area contributed by atoms with Crippen molar-refractivity contribution in [3.8, 4) is 34.3 Å². The van der Waals surface area contributed by atoms with Crippen LogP contribution < -0.4 is 24.4 Å². The molecular formula is C53H48O12. The van der Waals surface area contributed by atoms with Gasteiger partial charge in [-0.05, 0) is 53.4 Å². The normalized spacial score (nSPS) is 18.0. The van der Waals surface area contributed by atoms with Crippen LogP contribution in [0, 0.1) is 0 Å². The summed E-state index contributed by atoms with van der Waals surface area (Å²) in [7, 11) is 0. The number of benzene rings is 6. The van der Waals surface area contributed by atoms with Gasteiger partial charge in [0.15, 0.2) is 24.1 Å². The van der Waals surface area contributed by atoms with E-state index in [1.165, 1.54) is 13.8 Å². The molecule has 0 amide bonds. The highest BCUT2D eigenvalue weighted by atomic mass is 16.7. The molecule has 2 heterocycles. The molecule has 0 aliphatic carbocycles. The Bertz CT molecular complexity index is 2720. The van der Waals surface area contributed by atoms with Crippen LogP contribution in [-0.4, -0.2) is 42.6 Å². The molecule has 332 valence electrons. The molecule has 5 atom stereocenters. The first-order valence-corrected chi connectivity index (χ1v) is 21.3. The van der Waals surface area contributed by atoms with Crippen LogP contribution in [-0.2, 0) is 55.0 Å².